The molecule has 1 aromatic carbocycles. The van der Waals surface area contributed by atoms with E-state index in [1.54, 1.807) is 10.9 Å². The van der Waals surface area contributed by atoms with Gasteiger partial charge >= 0.3 is 0 Å². The molecular formula is C21H24FN5O. The zero-order valence-corrected chi connectivity index (χ0v) is 16.2. The zero-order valence-electron chi connectivity index (χ0n) is 16.2. The third-order valence-corrected chi connectivity index (χ3v) is 5.26. The highest BCUT2D eigenvalue weighted by molar-refractivity contribution is 5.89. The number of pyridine rings is 1. The van der Waals surface area contributed by atoms with E-state index in [-0.39, 0.29) is 18.0 Å². The fraction of sp³-hybridized carbons (Fsp3) is 0.381. The summed E-state index contributed by atoms with van der Waals surface area (Å²) in [5.41, 5.74) is 2.29. The number of carbonyl (C=O) groups is 1. The van der Waals surface area contributed by atoms with Gasteiger partial charge in [-0.05, 0) is 36.2 Å². The Morgan fingerprint density at radius 3 is 2.57 bits per heavy atom. The van der Waals surface area contributed by atoms with E-state index in [0.29, 0.717) is 17.6 Å². The van der Waals surface area contributed by atoms with E-state index in [9.17, 15) is 9.18 Å². The standard InChI is InChI=1S/C21H24FN5O/c1-25-3-5-27(6-4-25)14-19(28)10-18-8-16-7-15(17-11-24-26(2)13-17)9-21(22)20(16)12-23-18/h7-9,11-13H,3-6,10,14H2,1-2H3. The zero-order chi connectivity index (χ0) is 19.7. The molecule has 0 radical (unpaired) electrons. The smallest absolute Gasteiger partial charge is 0.152 e. The van der Waals surface area contributed by atoms with E-state index in [1.807, 2.05) is 25.4 Å². The molecule has 146 valence electrons. The molecule has 1 aliphatic rings. The third kappa shape index (κ3) is 4.10. The Morgan fingerprint density at radius 2 is 1.86 bits per heavy atom. The van der Waals surface area contributed by atoms with Gasteiger partial charge in [0.25, 0.3) is 0 Å². The van der Waals surface area contributed by atoms with Gasteiger partial charge in [0.05, 0.1) is 19.2 Å². The maximum atomic E-state index is 14.5. The van der Waals surface area contributed by atoms with Crippen molar-refractivity contribution in [1.29, 1.82) is 0 Å². The van der Waals surface area contributed by atoms with Crippen LogP contribution in [-0.4, -0.2) is 70.1 Å². The average Bonchev–Trinajstić information content (AvgIpc) is 3.10. The Hall–Kier alpha value is -2.64. The van der Waals surface area contributed by atoms with Crippen LogP contribution in [-0.2, 0) is 18.3 Å². The first-order chi connectivity index (χ1) is 13.5. The van der Waals surface area contributed by atoms with Crippen molar-refractivity contribution in [2.75, 3.05) is 39.8 Å². The van der Waals surface area contributed by atoms with Crippen molar-refractivity contribution in [3.63, 3.8) is 0 Å². The van der Waals surface area contributed by atoms with Crippen molar-refractivity contribution >= 4 is 16.6 Å². The minimum absolute atomic E-state index is 0.139. The van der Waals surface area contributed by atoms with E-state index in [4.69, 9.17) is 0 Å². The van der Waals surface area contributed by atoms with Gasteiger partial charge in [0.15, 0.2) is 5.78 Å². The van der Waals surface area contributed by atoms with Crippen LogP contribution in [0.15, 0.2) is 36.8 Å². The number of aryl methyl sites for hydroxylation is 1. The molecule has 1 saturated heterocycles. The molecule has 1 fully saturated rings. The quantitative estimate of drug-likeness (QED) is 0.678. The number of fused-ring (bicyclic) bond motifs is 1. The summed E-state index contributed by atoms with van der Waals surface area (Å²) < 4.78 is 16.2. The minimum atomic E-state index is -0.320. The molecule has 6 nitrogen and oxygen atoms in total. The van der Waals surface area contributed by atoms with Crippen LogP contribution in [0.25, 0.3) is 21.9 Å². The number of aromatic nitrogens is 3. The first kappa shape index (κ1) is 18.7. The number of halogens is 1. The van der Waals surface area contributed by atoms with Crippen LogP contribution in [0.2, 0.25) is 0 Å². The lowest BCUT2D eigenvalue weighted by atomic mass is 10.0. The number of rotatable bonds is 5. The van der Waals surface area contributed by atoms with E-state index < -0.39 is 0 Å². The Kier molecular flexibility index (Phi) is 5.19. The largest absolute Gasteiger partial charge is 0.304 e. The fourth-order valence-corrected chi connectivity index (χ4v) is 3.61. The van der Waals surface area contributed by atoms with Gasteiger partial charge < -0.3 is 4.90 Å². The second kappa shape index (κ2) is 7.77. The molecule has 1 aliphatic heterocycles. The van der Waals surface area contributed by atoms with Gasteiger partial charge in [0.2, 0.25) is 0 Å². The van der Waals surface area contributed by atoms with E-state index in [2.05, 4.69) is 26.9 Å². The van der Waals surface area contributed by atoms with Crippen molar-refractivity contribution in [1.82, 2.24) is 24.6 Å². The van der Waals surface area contributed by atoms with Crippen LogP contribution in [0.3, 0.4) is 0 Å². The molecular weight excluding hydrogens is 357 g/mol. The van der Waals surface area contributed by atoms with E-state index in [1.165, 1.54) is 12.3 Å². The molecule has 2 aromatic heterocycles. The molecule has 0 bridgehead atoms. The van der Waals surface area contributed by atoms with E-state index in [0.717, 1.165) is 42.7 Å². The molecule has 3 heterocycles. The van der Waals surface area contributed by atoms with Gasteiger partial charge in [-0.2, -0.15) is 5.10 Å². The number of piperazine rings is 1. The molecule has 0 aliphatic carbocycles. The van der Waals surface area contributed by atoms with Crippen molar-refractivity contribution in [3.05, 3.63) is 48.3 Å². The summed E-state index contributed by atoms with van der Waals surface area (Å²) in [6.45, 7) is 4.23. The first-order valence-corrected chi connectivity index (χ1v) is 9.48. The summed E-state index contributed by atoms with van der Waals surface area (Å²) in [6.07, 6.45) is 5.35. The number of hydrogen-bond donors (Lipinski definition) is 0. The SMILES string of the molecule is CN1CCN(CC(=O)Cc2cc3cc(-c4cnn(C)c4)cc(F)c3cn2)CC1. The highest BCUT2D eigenvalue weighted by atomic mass is 19.1. The van der Waals surface area contributed by atoms with Gasteiger partial charge in [-0.15, -0.1) is 0 Å². The second-order valence-corrected chi connectivity index (χ2v) is 7.55. The highest BCUT2D eigenvalue weighted by Gasteiger charge is 2.17. The topological polar surface area (TPSA) is 54.3 Å². The molecule has 0 saturated carbocycles. The van der Waals surface area contributed by atoms with Crippen molar-refractivity contribution in [2.45, 2.75) is 6.42 Å². The van der Waals surface area contributed by atoms with Crippen molar-refractivity contribution < 1.29 is 9.18 Å². The molecule has 0 N–H and O–H groups in total. The average molecular weight is 381 g/mol. The Morgan fingerprint density at radius 1 is 1.07 bits per heavy atom. The number of likely N-dealkylation sites (N-methyl/N-ethyl adjacent to an activating group) is 1. The predicted octanol–water partition coefficient (Wildman–Crippen LogP) is 2.13. The van der Waals surface area contributed by atoms with Crippen LogP contribution in [0, 0.1) is 5.82 Å². The van der Waals surface area contributed by atoms with Gasteiger partial charge in [-0.3, -0.25) is 19.4 Å². The Bertz CT molecular complexity index is 1010. The van der Waals surface area contributed by atoms with Crippen molar-refractivity contribution in [3.8, 4) is 11.1 Å². The molecule has 0 amide bonds. The monoisotopic (exact) mass is 381 g/mol. The van der Waals surface area contributed by atoms with Crippen LogP contribution in [0.4, 0.5) is 4.39 Å². The summed E-state index contributed by atoms with van der Waals surface area (Å²) in [5, 5.41) is 5.36. The molecule has 0 atom stereocenters. The van der Waals surface area contributed by atoms with Gasteiger partial charge in [-0.25, -0.2) is 4.39 Å². The number of ketones is 1. The van der Waals surface area contributed by atoms with Crippen LogP contribution < -0.4 is 0 Å². The number of benzene rings is 1. The predicted molar refractivity (Wildman–Crippen MR) is 107 cm³/mol. The molecule has 28 heavy (non-hydrogen) atoms. The molecule has 0 unspecified atom stereocenters. The van der Waals surface area contributed by atoms with Crippen molar-refractivity contribution in [2.24, 2.45) is 7.05 Å². The summed E-state index contributed by atoms with van der Waals surface area (Å²) in [6, 6.07) is 5.24. The number of Topliss-reactive ketones (excluding diaryl/α,β-unsaturated/α-hetero) is 1. The number of nitrogens with zero attached hydrogens (tertiary/aromatic N) is 5. The number of carbonyl (C=O) groups excluding carboxylic acids is 1. The van der Waals surface area contributed by atoms with Gasteiger partial charge in [0.1, 0.15) is 5.82 Å². The lowest BCUT2D eigenvalue weighted by molar-refractivity contribution is -0.120. The Labute approximate surface area is 163 Å². The molecule has 0 spiro atoms. The third-order valence-electron chi connectivity index (χ3n) is 5.26. The summed E-state index contributed by atoms with van der Waals surface area (Å²) in [4.78, 5) is 21.2. The highest BCUT2D eigenvalue weighted by Crippen LogP contribution is 2.27. The van der Waals surface area contributed by atoms with E-state index >= 15 is 0 Å². The molecule has 3 aromatic rings. The minimum Gasteiger partial charge on any atom is -0.304 e. The van der Waals surface area contributed by atoms with Crippen LogP contribution in [0.5, 0.6) is 0 Å². The fourth-order valence-electron chi connectivity index (χ4n) is 3.61. The normalized spacial score (nSPS) is 16.0. The lowest BCUT2D eigenvalue weighted by Gasteiger charge is -2.31. The molecule has 7 heteroatoms. The van der Waals surface area contributed by atoms with Crippen LogP contribution >= 0.6 is 0 Å². The summed E-state index contributed by atoms with van der Waals surface area (Å²) in [7, 11) is 3.92. The summed E-state index contributed by atoms with van der Waals surface area (Å²) >= 11 is 0. The second-order valence-electron chi connectivity index (χ2n) is 7.55. The Balaban J connectivity index is 1.52. The maximum Gasteiger partial charge on any atom is 0.152 e. The lowest BCUT2D eigenvalue weighted by Crippen LogP contribution is -2.46. The maximum absolute atomic E-state index is 14.5. The van der Waals surface area contributed by atoms with Crippen LogP contribution in [0.1, 0.15) is 5.69 Å². The van der Waals surface area contributed by atoms with Gasteiger partial charge in [-0.1, -0.05) is 0 Å². The summed E-state index contributed by atoms with van der Waals surface area (Å²) in [5.74, 6) is -0.181. The first-order valence-electron chi connectivity index (χ1n) is 9.48. The molecule has 4 rings (SSSR count). The van der Waals surface area contributed by atoms with Gasteiger partial charge in [0, 0.05) is 62.3 Å². The number of hydrogen-bond acceptors (Lipinski definition) is 5.